The Balaban J connectivity index is 1.50. The Morgan fingerprint density at radius 2 is 1.83 bits per heavy atom. The molecule has 2 amide bonds. The molecular formula is C20H28N6O3. The number of carbonyl (C=O) groups is 2. The third-order valence-electron chi connectivity index (χ3n) is 4.95. The Kier molecular flexibility index (Phi) is 7.18. The van der Waals surface area contributed by atoms with Crippen LogP contribution in [0.25, 0.3) is 0 Å². The number of hydrogen-bond acceptors (Lipinski definition) is 6. The molecule has 1 saturated heterocycles. The largest absolute Gasteiger partial charge is 0.378 e. The number of aromatic nitrogens is 3. The van der Waals surface area contributed by atoms with Crippen LogP contribution in [0.3, 0.4) is 0 Å². The highest BCUT2D eigenvalue weighted by molar-refractivity contribution is 5.91. The van der Waals surface area contributed by atoms with E-state index in [1.165, 1.54) is 10.9 Å². The zero-order valence-electron chi connectivity index (χ0n) is 17.0. The van der Waals surface area contributed by atoms with Crippen LogP contribution in [0.1, 0.15) is 29.9 Å². The molecule has 2 heterocycles. The summed E-state index contributed by atoms with van der Waals surface area (Å²) in [7, 11) is 0. The summed E-state index contributed by atoms with van der Waals surface area (Å²) < 4.78 is 6.77. The Hall–Kier alpha value is -2.94. The van der Waals surface area contributed by atoms with Gasteiger partial charge in [0.25, 0.3) is 5.91 Å². The van der Waals surface area contributed by atoms with Crippen molar-refractivity contribution in [3.8, 4) is 0 Å². The normalized spacial score (nSPS) is 13.9. The molecule has 0 aliphatic carbocycles. The van der Waals surface area contributed by atoms with Crippen LogP contribution < -0.4 is 10.2 Å². The molecule has 1 fully saturated rings. The Morgan fingerprint density at radius 1 is 1.14 bits per heavy atom. The van der Waals surface area contributed by atoms with Crippen LogP contribution in [0.15, 0.2) is 30.5 Å². The number of likely N-dealkylation sites (N-methyl/N-ethyl adjacent to an activating group) is 1. The van der Waals surface area contributed by atoms with Gasteiger partial charge in [-0.3, -0.25) is 9.59 Å². The van der Waals surface area contributed by atoms with Gasteiger partial charge in [0.05, 0.1) is 19.4 Å². The number of amides is 2. The van der Waals surface area contributed by atoms with E-state index in [-0.39, 0.29) is 24.1 Å². The lowest BCUT2D eigenvalue weighted by Crippen LogP contribution is -2.36. The fourth-order valence-corrected chi connectivity index (χ4v) is 3.21. The quantitative estimate of drug-likeness (QED) is 0.708. The predicted molar refractivity (Wildman–Crippen MR) is 109 cm³/mol. The number of morpholine rings is 1. The number of ether oxygens (including phenoxy) is 1. The summed E-state index contributed by atoms with van der Waals surface area (Å²) in [6.07, 6.45) is 1.50. The standard InChI is InChI=1S/C20H28N6O3/c1-3-24(4-2)19(27)15-26-14-18(22-23-26)20(28)21-13-16-5-7-17(8-6-16)25-9-11-29-12-10-25/h5-8,14H,3-4,9-13,15H2,1-2H3,(H,21,28). The highest BCUT2D eigenvalue weighted by Gasteiger charge is 2.15. The Labute approximate surface area is 170 Å². The second-order valence-corrected chi connectivity index (χ2v) is 6.82. The van der Waals surface area contributed by atoms with E-state index in [1.54, 1.807) is 4.90 Å². The minimum Gasteiger partial charge on any atom is -0.378 e. The summed E-state index contributed by atoms with van der Waals surface area (Å²) in [6.45, 7) is 8.88. The van der Waals surface area contributed by atoms with E-state index in [2.05, 4.69) is 32.7 Å². The van der Waals surface area contributed by atoms with Gasteiger partial charge in [0.1, 0.15) is 6.54 Å². The van der Waals surface area contributed by atoms with Gasteiger partial charge in [0.15, 0.2) is 5.69 Å². The lowest BCUT2D eigenvalue weighted by Gasteiger charge is -2.28. The smallest absolute Gasteiger partial charge is 0.273 e. The summed E-state index contributed by atoms with van der Waals surface area (Å²) in [5.74, 6) is -0.365. The second kappa shape index (κ2) is 10.0. The monoisotopic (exact) mass is 400 g/mol. The van der Waals surface area contributed by atoms with E-state index in [4.69, 9.17) is 4.74 Å². The molecule has 9 nitrogen and oxygen atoms in total. The van der Waals surface area contributed by atoms with Crippen LogP contribution in [0.5, 0.6) is 0 Å². The topological polar surface area (TPSA) is 92.6 Å². The highest BCUT2D eigenvalue weighted by atomic mass is 16.5. The summed E-state index contributed by atoms with van der Waals surface area (Å²) in [5.41, 5.74) is 2.35. The van der Waals surface area contributed by atoms with Crippen LogP contribution in [0.4, 0.5) is 5.69 Å². The minimum absolute atomic E-state index is 0.0489. The number of carbonyl (C=O) groups excluding carboxylic acids is 2. The molecule has 0 spiro atoms. The second-order valence-electron chi connectivity index (χ2n) is 6.82. The molecule has 9 heteroatoms. The molecule has 0 bridgehead atoms. The molecule has 0 radical (unpaired) electrons. The number of anilines is 1. The molecule has 0 saturated carbocycles. The number of rotatable bonds is 8. The van der Waals surface area contributed by atoms with Gasteiger partial charge in [-0.05, 0) is 31.5 Å². The molecule has 29 heavy (non-hydrogen) atoms. The number of hydrogen-bond donors (Lipinski definition) is 1. The maximum atomic E-state index is 12.3. The molecule has 0 unspecified atom stereocenters. The first kappa shape index (κ1) is 20.8. The van der Waals surface area contributed by atoms with Crippen molar-refractivity contribution in [3.63, 3.8) is 0 Å². The first-order valence-corrected chi connectivity index (χ1v) is 9.98. The SMILES string of the molecule is CCN(CC)C(=O)Cn1cc(C(=O)NCc2ccc(N3CCOCC3)cc2)nn1. The summed E-state index contributed by atoms with van der Waals surface area (Å²) in [4.78, 5) is 28.5. The molecule has 156 valence electrons. The first-order chi connectivity index (χ1) is 14.1. The average Bonchev–Trinajstić information content (AvgIpc) is 3.22. The van der Waals surface area contributed by atoms with Crippen LogP contribution in [-0.4, -0.2) is 71.1 Å². The highest BCUT2D eigenvalue weighted by Crippen LogP contribution is 2.16. The number of nitrogens with one attached hydrogen (secondary N) is 1. The number of nitrogens with zero attached hydrogens (tertiary/aromatic N) is 5. The molecule has 1 aliphatic rings. The van der Waals surface area contributed by atoms with Gasteiger partial charge in [-0.2, -0.15) is 0 Å². The van der Waals surface area contributed by atoms with E-state index in [0.717, 1.165) is 37.6 Å². The molecule has 1 N–H and O–H groups in total. The first-order valence-electron chi connectivity index (χ1n) is 9.98. The van der Waals surface area contributed by atoms with Gasteiger partial charge < -0.3 is 19.9 Å². The molecule has 3 rings (SSSR count). The molecule has 1 aliphatic heterocycles. The van der Waals surface area contributed by atoms with Crippen molar-refractivity contribution in [2.45, 2.75) is 26.9 Å². The van der Waals surface area contributed by atoms with Gasteiger partial charge >= 0.3 is 0 Å². The van der Waals surface area contributed by atoms with Crippen molar-refractivity contribution in [1.29, 1.82) is 0 Å². The number of benzene rings is 1. The van der Waals surface area contributed by atoms with Gasteiger partial charge in [-0.1, -0.05) is 17.3 Å². The fraction of sp³-hybridized carbons (Fsp3) is 0.500. The van der Waals surface area contributed by atoms with Gasteiger partial charge in [-0.15, -0.1) is 5.10 Å². The summed E-state index contributed by atoms with van der Waals surface area (Å²) >= 11 is 0. The maximum Gasteiger partial charge on any atom is 0.273 e. The van der Waals surface area contributed by atoms with E-state index in [9.17, 15) is 9.59 Å². The van der Waals surface area contributed by atoms with Crippen molar-refractivity contribution in [1.82, 2.24) is 25.2 Å². The van der Waals surface area contributed by atoms with Crippen molar-refractivity contribution >= 4 is 17.5 Å². The molecule has 1 aromatic heterocycles. The van der Waals surface area contributed by atoms with Crippen LogP contribution >= 0.6 is 0 Å². The van der Waals surface area contributed by atoms with Crippen LogP contribution in [-0.2, 0) is 22.6 Å². The Bertz CT molecular complexity index is 810. The fourth-order valence-electron chi connectivity index (χ4n) is 3.21. The van der Waals surface area contributed by atoms with Gasteiger partial charge in [0, 0.05) is 38.4 Å². The van der Waals surface area contributed by atoms with Crippen LogP contribution in [0.2, 0.25) is 0 Å². The summed E-state index contributed by atoms with van der Waals surface area (Å²) in [5, 5.41) is 10.6. The van der Waals surface area contributed by atoms with E-state index < -0.39 is 0 Å². The van der Waals surface area contributed by atoms with E-state index >= 15 is 0 Å². The minimum atomic E-state index is -0.316. The Morgan fingerprint density at radius 3 is 2.48 bits per heavy atom. The zero-order chi connectivity index (χ0) is 20.6. The van der Waals surface area contributed by atoms with Crippen molar-refractivity contribution in [2.24, 2.45) is 0 Å². The lowest BCUT2D eigenvalue weighted by atomic mass is 10.2. The average molecular weight is 400 g/mol. The maximum absolute atomic E-state index is 12.3. The van der Waals surface area contributed by atoms with Crippen molar-refractivity contribution in [3.05, 3.63) is 41.7 Å². The lowest BCUT2D eigenvalue weighted by molar-refractivity contribution is -0.131. The zero-order valence-corrected chi connectivity index (χ0v) is 17.0. The van der Waals surface area contributed by atoms with Gasteiger partial charge in [-0.25, -0.2) is 4.68 Å². The van der Waals surface area contributed by atoms with E-state index in [1.807, 2.05) is 26.0 Å². The van der Waals surface area contributed by atoms with Crippen molar-refractivity contribution < 1.29 is 14.3 Å². The third kappa shape index (κ3) is 5.54. The molecule has 0 atom stereocenters. The molecular weight excluding hydrogens is 372 g/mol. The van der Waals surface area contributed by atoms with E-state index in [0.29, 0.717) is 19.6 Å². The third-order valence-corrected chi connectivity index (χ3v) is 4.95. The predicted octanol–water partition coefficient (Wildman–Crippen LogP) is 0.913. The molecule has 2 aromatic rings. The van der Waals surface area contributed by atoms with Crippen LogP contribution in [0, 0.1) is 0 Å². The molecule has 1 aromatic carbocycles. The van der Waals surface area contributed by atoms with Crippen molar-refractivity contribution in [2.75, 3.05) is 44.3 Å². The van der Waals surface area contributed by atoms with Gasteiger partial charge in [0.2, 0.25) is 5.91 Å². The summed E-state index contributed by atoms with van der Waals surface area (Å²) in [6, 6.07) is 8.12.